The molecule has 30 heavy (non-hydrogen) atoms. The molecule has 5 heteroatoms. The van der Waals surface area contributed by atoms with Crippen LogP contribution < -0.4 is 10.1 Å². The Morgan fingerprint density at radius 3 is 2.37 bits per heavy atom. The van der Waals surface area contributed by atoms with Gasteiger partial charge in [-0.25, -0.2) is 0 Å². The van der Waals surface area contributed by atoms with E-state index in [2.05, 4.69) is 5.32 Å². The molecule has 0 fully saturated rings. The monoisotopic (exact) mass is 410 g/mol. The fraction of sp³-hybridized carbons (Fsp3) is 0.440. The summed E-state index contributed by atoms with van der Waals surface area (Å²) in [4.78, 5) is 27.7. The van der Waals surface area contributed by atoms with E-state index in [0.717, 1.165) is 23.1 Å². The van der Waals surface area contributed by atoms with Gasteiger partial charge in [0.05, 0.1) is 0 Å². The zero-order valence-electron chi connectivity index (χ0n) is 18.8. The van der Waals surface area contributed by atoms with Gasteiger partial charge in [0, 0.05) is 12.6 Å². The van der Waals surface area contributed by atoms with Crippen LogP contribution in [0.15, 0.2) is 48.5 Å². The largest absolute Gasteiger partial charge is 0.483 e. The Morgan fingerprint density at radius 2 is 1.73 bits per heavy atom. The number of amides is 2. The highest BCUT2D eigenvalue weighted by Crippen LogP contribution is 2.20. The van der Waals surface area contributed by atoms with Gasteiger partial charge < -0.3 is 15.0 Å². The number of carbonyl (C=O) groups is 2. The van der Waals surface area contributed by atoms with E-state index in [0.29, 0.717) is 18.7 Å². The van der Waals surface area contributed by atoms with Gasteiger partial charge in [0.2, 0.25) is 5.91 Å². The van der Waals surface area contributed by atoms with Gasteiger partial charge in [0.15, 0.2) is 6.61 Å². The van der Waals surface area contributed by atoms with Crippen molar-refractivity contribution in [3.05, 3.63) is 65.2 Å². The van der Waals surface area contributed by atoms with Crippen molar-refractivity contribution in [3.63, 3.8) is 0 Å². The molecule has 0 radical (unpaired) electrons. The van der Waals surface area contributed by atoms with Gasteiger partial charge in [-0.2, -0.15) is 0 Å². The van der Waals surface area contributed by atoms with E-state index < -0.39 is 6.04 Å². The molecule has 162 valence electrons. The molecule has 0 aromatic heterocycles. The molecule has 2 rings (SSSR count). The molecule has 0 aliphatic rings. The minimum absolute atomic E-state index is 0.0615. The molecule has 2 aromatic carbocycles. The van der Waals surface area contributed by atoms with Crippen LogP contribution in [0.3, 0.4) is 0 Å². The SMILES string of the molecule is CC[C@H](C(=O)N[C@@H](C)CC)N(Cc1ccccc1)C(=O)COc1cc(C)ccc1C. The highest BCUT2D eigenvalue weighted by molar-refractivity contribution is 5.88. The molecule has 0 heterocycles. The van der Waals surface area contributed by atoms with E-state index in [-0.39, 0.29) is 24.5 Å². The molecule has 0 saturated heterocycles. The maximum Gasteiger partial charge on any atom is 0.261 e. The number of benzene rings is 2. The highest BCUT2D eigenvalue weighted by Gasteiger charge is 2.29. The third kappa shape index (κ3) is 6.61. The molecule has 0 saturated carbocycles. The lowest BCUT2D eigenvalue weighted by atomic mass is 10.1. The number of nitrogens with one attached hydrogen (secondary N) is 1. The summed E-state index contributed by atoms with van der Waals surface area (Å²) >= 11 is 0. The van der Waals surface area contributed by atoms with Crippen molar-refractivity contribution in [1.29, 1.82) is 0 Å². The Hall–Kier alpha value is -2.82. The first-order chi connectivity index (χ1) is 14.3. The van der Waals surface area contributed by atoms with Gasteiger partial charge in [0.1, 0.15) is 11.8 Å². The minimum Gasteiger partial charge on any atom is -0.483 e. The molecular formula is C25H34N2O3. The molecule has 2 amide bonds. The first-order valence-electron chi connectivity index (χ1n) is 10.7. The fourth-order valence-corrected chi connectivity index (χ4v) is 3.23. The summed E-state index contributed by atoms with van der Waals surface area (Å²) < 4.78 is 5.85. The van der Waals surface area contributed by atoms with E-state index in [1.165, 1.54) is 0 Å². The standard InChI is InChI=1S/C25H34N2O3/c1-6-20(5)26-25(29)22(7-2)27(16-21-11-9-8-10-12-21)24(28)17-30-23-15-18(3)13-14-19(23)4/h8-15,20,22H,6-7,16-17H2,1-5H3,(H,26,29)/t20-,22+/m0/s1. The van der Waals surface area contributed by atoms with Crippen LogP contribution in [-0.4, -0.2) is 35.4 Å². The van der Waals surface area contributed by atoms with Crippen LogP contribution in [0, 0.1) is 13.8 Å². The van der Waals surface area contributed by atoms with Crippen molar-refractivity contribution >= 4 is 11.8 Å². The summed E-state index contributed by atoms with van der Waals surface area (Å²) in [5.74, 6) is 0.369. The number of carbonyl (C=O) groups excluding carboxylic acids is 2. The van der Waals surface area contributed by atoms with Gasteiger partial charge in [0.25, 0.3) is 5.91 Å². The van der Waals surface area contributed by atoms with Crippen LogP contribution in [0.4, 0.5) is 0 Å². The van der Waals surface area contributed by atoms with Crippen molar-refractivity contribution < 1.29 is 14.3 Å². The zero-order valence-corrected chi connectivity index (χ0v) is 18.8. The molecule has 0 aliphatic carbocycles. The Morgan fingerprint density at radius 1 is 1.03 bits per heavy atom. The van der Waals surface area contributed by atoms with Crippen LogP contribution >= 0.6 is 0 Å². The quantitative estimate of drug-likeness (QED) is 0.631. The molecule has 0 aliphatic heterocycles. The number of hydrogen-bond acceptors (Lipinski definition) is 3. The summed E-state index contributed by atoms with van der Waals surface area (Å²) in [5, 5.41) is 3.02. The minimum atomic E-state index is -0.547. The summed E-state index contributed by atoms with van der Waals surface area (Å²) in [5.41, 5.74) is 3.03. The summed E-state index contributed by atoms with van der Waals surface area (Å²) in [6, 6.07) is 15.2. The Kier molecular flexibility index (Phi) is 8.90. The zero-order chi connectivity index (χ0) is 22.1. The van der Waals surface area contributed by atoms with E-state index in [1.807, 2.05) is 83.1 Å². The highest BCUT2D eigenvalue weighted by atomic mass is 16.5. The van der Waals surface area contributed by atoms with Crippen LogP contribution in [0.2, 0.25) is 0 Å². The Bertz CT molecular complexity index is 836. The number of nitrogens with zero attached hydrogens (tertiary/aromatic N) is 1. The third-order valence-electron chi connectivity index (χ3n) is 5.28. The summed E-state index contributed by atoms with van der Waals surface area (Å²) in [7, 11) is 0. The smallest absolute Gasteiger partial charge is 0.261 e. The van der Waals surface area contributed by atoms with Crippen LogP contribution in [0.25, 0.3) is 0 Å². The lowest BCUT2D eigenvalue weighted by Gasteiger charge is -2.31. The van der Waals surface area contributed by atoms with Gasteiger partial charge in [-0.05, 0) is 56.4 Å². The van der Waals surface area contributed by atoms with Crippen LogP contribution in [-0.2, 0) is 16.1 Å². The molecular weight excluding hydrogens is 376 g/mol. The molecule has 0 spiro atoms. The van der Waals surface area contributed by atoms with Crippen LogP contribution in [0.1, 0.15) is 50.3 Å². The third-order valence-corrected chi connectivity index (χ3v) is 5.28. The van der Waals surface area contributed by atoms with Gasteiger partial charge in [-0.3, -0.25) is 9.59 Å². The van der Waals surface area contributed by atoms with Crippen molar-refractivity contribution in [3.8, 4) is 5.75 Å². The lowest BCUT2D eigenvalue weighted by Crippen LogP contribution is -2.51. The Labute approximate surface area is 180 Å². The van der Waals surface area contributed by atoms with Crippen molar-refractivity contribution in [1.82, 2.24) is 10.2 Å². The summed E-state index contributed by atoms with van der Waals surface area (Å²) in [6.07, 6.45) is 1.37. The van der Waals surface area contributed by atoms with Crippen LogP contribution in [0.5, 0.6) is 5.75 Å². The number of ether oxygens (including phenoxy) is 1. The van der Waals surface area contributed by atoms with E-state index in [1.54, 1.807) is 4.90 Å². The second kappa shape index (κ2) is 11.4. The first-order valence-corrected chi connectivity index (χ1v) is 10.7. The van der Waals surface area contributed by atoms with E-state index in [9.17, 15) is 9.59 Å². The second-order valence-electron chi connectivity index (χ2n) is 7.81. The molecule has 5 nitrogen and oxygen atoms in total. The fourth-order valence-electron chi connectivity index (χ4n) is 3.23. The van der Waals surface area contributed by atoms with E-state index >= 15 is 0 Å². The molecule has 0 unspecified atom stereocenters. The first kappa shape index (κ1) is 23.5. The average molecular weight is 411 g/mol. The maximum atomic E-state index is 13.2. The molecule has 1 N–H and O–H groups in total. The topological polar surface area (TPSA) is 58.6 Å². The predicted octanol–water partition coefficient (Wildman–Crippen LogP) is 4.40. The number of hydrogen-bond donors (Lipinski definition) is 1. The van der Waals surface area contributed by atoms with Gasteiger partial charge in [-0.1, -0.05) is 56.3 Å². The predicted molar refractivity (Wildman–Crippen MR) is 120 cm³/mol. The van der Waals surface area contributed by atoms with Crippen molar-refractivity contribution in [2.45, 2.75) is 66.1 Å². The summed E-state index contributed by atoms with van der Waals surface area (Å²) in [6.45, 7) is 10.1. The van der Waals surface area contributed by atoms with Crippen molar-refractivity contribution in [2.75, 3.05) is 6.61 Å². The maximum absolute atomic E-state index is 13.2. The number of aryl methyl sites for hydroxylation is 2. The lowest BCUT2D eigenvalue weighted by molar-refractivity contribution is -0.143. The Balaban J connectivity index is 2.21. The van der Waals surface area contributed by atoms with Gasteiger partial charge >= 0.3 is 0 Å². The van der Waals surface area contributed by atoms with Crippen molar-refractivity contribution in [2.24, 2.45) is 0 Å². The van der Waals surface area contributed by atoms with Gasteiger partial charge in [-0.15, -0.1) is 0 Å². The normalized spacial score (nSPS) is 12.7. The average Bonchev–Trinajstić information content (AvgIpc) is 2.74. The second-order valence-corrected chi connectivity index (χ2v) is 7.81. The molecule has 2 aromatic rings. The van der Waals surface area contributed by atoms with E-state index in [4.69, 9.17) is 4.74 Å². The molecule has 2 atom stereocenters. The number of rotatable bonds is 10. The molecule has 0 bridgehead atoms.